The summed E-state index contributed by atoms with van der Waals surface area (Å²) in [4.78, 5) is 11.1. The molecule has 0 radical (unpaired) electrons. The standard InChI is InChI=1S/C27H26N2O5/c1-18-12-13-20(25(14-18)34-17-26(30)31)22-15-23(21-10-7-11-24(32-2)27(21)33-3)29(28-22)16-19-8-5-4-6-9-19/h4-15H,16-17H2,1-3H3,(H,30,31). The molecule has 0 aliphatic rings. The van der Waals surface area contributed by atoms with Gasteiger partial charge in [-0.3, -0.25) is 4.68 Å². The summed E-state index contributed by atoms with van der Waals surface area (Å²) in [6.07, 6.45) is 0. The maximum atomic E-state index is 11.1. The zero-order valence-corrected chi connectivity index (χ0v) is 19.3. The van der Waals surface area contributed by atoms with Gasteiger partial charge in [-0.1, -0.05) is 42.5 Å². The molecular weight excluding hydrogens is 432 g/mol. The lowest BCUT2D eigenvalue weighted by Gasteiger charge is -2.14. The van der Waals surface area contributed by atoms with E-state index in [0.717, 1.165) is 22.4 Å². The lowest BCUT2D eigenvalue weighted by molar-refractivity contribution is -0.139. The van der Waals surface area contributed by atoms with Gasteiger partial charge in [0.05, 0.1) is 32.2 Å². The maximum absolute atomic E-state index is 11.1. The lowest BCUT2D eigenvalue weighted by atomic mass is 10.1. The van der Waals surface area contributed by atoms with Crippen molar-refractivity contribution in [3.05, 3.63) is 83.9 Å². The van der Waals surface area contributed by atoms with Gasteiger partial charge < -0.3 is 19.3 Å². The first-order valence-corrected chi connectivity index (χ1v) is 10.8. The third kappa shape index (κ3) is 4.88. The molecule has 7 heteroatoms. The summed E-state index contributed by atoms with van der Waals surface area (Å²) < 4.78 is 18.7. The fourth-order valence-electron chi connectivity index (χ4n) is 3.83. The summed E-state index contributed by atoms with van der Waals surface area (Å²) in [6.45, 7) is 2.03. The van der Waals surface area contributed by atoms with E-state index >= 15 is 0 Å². The minimum atomic E-state index is -1.04. The Balaban J connectivity index is 1.87. The molecular formula is C27H26N2O5. The molecule has 0 bridgehead atoms. The number of benzene rings is 3. The number of hydrogen-bond acceptors (Lipinski definition) is 5. The van der Waals surface area contributed by atoms with Crippen LogP contribution in [-0.4, -0.2) is 41.7 Å². The van der Waals surface area contributed by atoms with Crippen LogP contribution in [0.15, 0.2) is 72.8 Å². The summed E-state index contributed by atoms with van der Waals surface area (Å²) in [5, 5.41) is 14.0. The van der Waals surface area contributed by atoms with Gasteiger partial charge in [0, 0.05) is 11.1 Å². The average molecular weight is 459 g/mol. The fraction of sp³-hybridized carbons (Fsp3) is 0.185. The third-order valence-electron chi connectivity index (χ3n) is 5.40. The van der Waals surface area contributed by atoms with Crippen molar-refractivity contribution in [3.63, 3.8) is 0 Å². The first-order chi connectivity index (χ1) is 16.5. The van der Waals surface area contributed by atoms with E-state index in [9.17, 15) is 4.79 Å². The smallest absolute Gasteiger partial charge is 0.341 e. The monoisotopic (exact) mass is 458 g/mol. The van der Waals surface area contributed by atoms with Gasteiger partial charge in [-0.15, -0.1) is 0 Å². The number of methoxy groups -OCH3 is 2. The van der Waals surface area contributed by atoms with Crippen LogP contribution in [0.25, 0.3) is 22.5 Å². The molecule has 34 heavy (non-hydrogen) atoms. The van der Waals surface area contributed by atoms with Gasteiger partial charge in [-0.2, -0.15) is 5.10 Å². The molecule has 174 valence electrons. The van der Waals surface area contributed by atoms with Crippen molar-refractivity contribution in [1.82, 2.24) is 9.78 Å². The minimum absolute atomic E-state index is 0.433. The quantitative estimate of drug-likeness (QED) is 0.378. The Morgan fingerprint density at radius 1 is 0.912 bits per heavy atom. The van der Waals surface area contributed by atoms with Gasteiger partial charge in [-0.25, -0.2) is 4.79 Å². The second-order valence-electron chi connectivity index (χ2n) is 7.78. The van der Waals surface area contributed by atoms with Crippen molar-refractivity contribution in [2.24, 2.45) is 0 Å². The number of nitrogens with zero attached hydrogens (tertiary/aromatic N) is 2. The molecule has 4 rings (SSSR count). The van der Waals surface area contributed by atoms with E-state index in [4.69, 9.17) is 24.4 Å². The zero-order chi connectivity index (χ0) is 24.1. The highest BCUT2D eigenvalue weighted by molar-refractivity contribution is 5.78. The van der Waals surface area contributed by atoms with Crippen molar-refractivity contribution in [2.75, 3.05) is 20.8 Å². The van der Waals surface area contributed by atoms with Crippen LogP contribution in [0.4, 0.5) is 0 Å². The summed E-state index contributed by atoms with van der Waals surface area (Å²) in [6, 6.07) is 23.4. The van der Waals surface area contributed by atoms with Gasteiger partial charge >= 0.3 is 5.97 Å². The Kier molecular flexibility index (Phi) is 6.82. The molecule has 1 aromatic heterocycles. The van der Waals surface area contributed by atoms with Crippen molar-refractivity contribution in [2.45, 2.75) is 13.5 Å². The molecule has 0 saturated carbocycles. The van der Waals surface area contributed by atoms with E-state index in [1.165, 1.54) is 0 Å². The van der Waals surface area contributed by atoms with Crippen LogP contribution in [-0.2, 0) is 11.3 Å². The average Bonchev–Trinajstić information content (AvgIpc) is 3.25. The molecule has 4 aromatic rings. The van der Waals surface area contributed by atoms with E-state index in [1.807, 2.05) is 84.4 Å². The highest BCUT2D eigenvalue weighted by Gasteiger charge is 2.20. The first-order valence-electron chi connectivity index (χ1n) is 10.8. The fourth-order valence-corrected chi connectivity index (χ4v) is 3.83. The minimum Gasteiger partial charge on any atom is -0.493 e. The SMILES string of the molecule is COc1cccc(-c2cc(-c3ccc(C)cc3OCC(=O)O)nn2Cc2ccccc2)c1OC. The number of aryl methyl sites for hydroxylation is 1. The number of ether oxygens (including phenoxy) is 3. The number of hydrogen-bond donors (Lipinski definition) is 1. The van der Waals surface area contributed by atoms with Crippen molar-refractivity contribution in [1.29, 1.82) is 0 Å². The Hall–Kier alpha value is -4.26. The molecule has 0 aliphatic carbocycles. The molecule has 1 N–H and O–H groups in total. The number of para-hydroxylation sites is 1. The van der Waals surface area contributed by atoms with E-state index < -0.39 is 12.6 Å². The van der Waals surface area contributed by atoms with Gasteiger partial charge in [0.2, 0.25) is 0 Å². The van der Waals surface area contributed by atoms with Crippen LogP contribution in [0.5, 0.6) is 17.2 Å². The Morgan fingerprint density at radius 3 is 2.41 bits per heavy atom. The van der Waals surface area contributed by atoms with Crippen LogP contribution in [0, 0.1) is 6.92 Å². The number of carbonyl (C=O) groups is 1. The van der Waals surface area contributed by atoms with E-state index in [2.05, 4.69) is 0 Å². The van der Waals surface area contributed by atoms with Crippen LogP contribution in [0.3, 0.4) is 0 Å². The van der Waals surface area contributed by atoms with Crippen molar-refractivity contribution < 1.29 is 24.1 Å². The summed E-state index contributed by atoms with van der Waals surface area (Å²) >= 11 is 0. The molecule has 0 fully saturated rings. The van der Waals surface area contributed by atoms with Crippen LogP contribution < -0.4 is 14.2 Å². The second-order valence-corrected chi connectivity index (χ2v) is 7.78. The Morgan fingerprint density at radius 2 is 1.71 bits per heavy atom. The first kappa shape index (κ1) is 22.9. The van der Waals surface area contributed by atoms with Gasteiger partial charge in [0.25, 0.3) is 0 Å². The van der Waals surface area contributed by atoms with Crippen molar-refractivity contribution >= 4 is 5.97 Å². The number of aliphatic carboxylic acids is 1. The zero-order valence-electron chi connectivity index (χ0n) is 19.3. The van der Waals surface area contributed by atoms with Gasteiger partial charge in [0.1, 0.15) is 5.75 Å². The molecule has 0 unspecified atom stereocenters. The maximum Gasteiger partial charge on any atom is 0.341 e. The van der Waals surface area contributed by atoms with Gasteiger partial charge in [-0.05, 0) is 48.4 Å². The summed E-state index contributed by atoms with van der Waals surface area (Å²) in [5.74, 6) is 0.659. The number of carboxylic acids is 1. The van der Waals surface area contributed by atoms with E-state index in [-0.39, 0.29) is 0 Å². The second kappa shape index (κ2) is 10.1. The number of carboxylic acid groups (broad SMARTS) is 1. The number of rotatable bonds is 9. The van der Waals surface area contributed by atoms with Gasteiger partial charge in [0.15, 0.2) is 18.1 Å². The molecule has 0 aliphatic heterocycles. The molecule has 3 aromatic carbocycles. The largest absolute Gasteiger partial charge is 0.493 e. The van der Waals surface area contributed by atoms with E-state index in [1.54, 1.807) is 14.2 Å². The third-order valence-corrected chi connectivity index (χ3v) is 5.40. The summed E-state index contributed by atoms with van der Waals surface area (Å²) in [5.41, 5.74) is 5.09. The molecule has 7 nitrogen and oxygen atoms in total. The van der Waals surface area contributed by atoms with Crippen LogP contribution >= 0.6 is 0 Å². The lowest BCUT2D eigenvalue weighted by Crippen LogP contribution is -2.10. The molecule has 0 spiro atoms. The van der Waals surface area contributed by atoms with Crippen LogP contribution in [0.1, 0.15) is 11.1 Å². The number of aromatic nitrogens is 2. The van der Waals surface area contributed by atoms with Crippen LogP contribution in [0.2, 0.25) is 0 Å². The highest BCUT2D eigenvalue weighted by Crippen LogP contribution is 2.40. The molecule has 1 heterocycles. The summed E-state index contributed by atoms with van der Waals surface area (Å²) in [7, 11) is 3.21. The predicted molar refractivity (Wildman–Crippen MR) is 130 cm³/mol. The molecule has 0 amide bonds. The Labute approximate surface area is 198 Å². The van der Waals surface area contributed by atoms with E-state index in [0.29, 0.717) is 35.1 Å². The normalized spacial score (nSPS) is 10.7. The Bertz CT molecular complexity index is 1300. The highest BCUT2D eigenvalue weighted by atomic mass is 16.5. The molecule has 0 atom stereocenters. The molecule has 0 saturated heterocycles. The predicted octanol–water partition coefficient (Wildman–Crippen LogP) is 5.05. The van der Waals surface area contributed by atoms with Crippen molar-refractivity contribution in [3.8, 4) is 39.8 Å². The topological polar surface area (TPSA) is 82.8 Å².